The van der Waals surface area contributed by atoms with Crippen molar-refractivity contribution >= 4 is 11.7 Å². The molecule has 1 aromatic rings. The molecular formula is C13H20N2O3. The van der Waals surface area contributed by atoms with Crippen LogP contribution in [0.2, 0.25) is 0 Å². The molecule has 0 bridgehead atoms. The lowest BCUT2D eigenvalue weighted by Crippen LogP contribution is -2.53. The molecule has 0 spiro atoms. The topological polar surface area (TPSA) is 64.8 Å². The van der Waals surface area contributed by atoms with E-state index in [2.05, 4.69) is 4.74 Å². The van der Waals surface area contributed by atoms with Crippen molar-refractivity contribution in [3.8, 4) is 5.75 Å². The molecule has 1 rings (SSSR count). The highest BCUT2D eigenvalue weighted by Gasteiger charge is 2.31. The van der Waals surface area contributed by atoms with Crippen LogP contribution >= 0.6 is 0 Å². The Morgan fingerprint density at radius 1 is 1.39 bits per heavy atom. The lowest BCUT2D eigenvalue weighted by Gasteiger charge is -2.29. The fourth-order valence-electron chi connectivity index (χ4n) is 1.82. The summed E-state index contributed by atoms with van der Waals surface area (Å²) in [5.41, 5.74) is 5.75. The highest BCUT2D eigenvalue weighted by Crippen LogP contribution is 2.27. The molecule has 0 radical (unpaired) electrons. The Morgan fingerprint density at radius 3 is 2.56 bits per heavy atom. The van der Waals surface area contributed by atoms with E-state index in [0.29, 0.717) is 6.54 Å². The molecule has 18 heavy (non-hydrogen) atoms. The van der Waals surface area contributed by atoms with Gasteiger partial charge in [-0.1, -0.05) is 12.1 Å². The number of benzene rings is 1. The fraction of sp³-hybridized carbons (Fsp3) is 0.462. The standard InChI is InChI=1S/C13H20N2O3/c1-13(14,12(16)18-4)9-15(2)10-7-5-6-8-11(10)17-3/h5-8H,9,14H2,1-4H3. The molecule has 1 atom stereocenters. The van der Waals surface area contributed by atoms with Gasteiger partial charge in [-0.05, 0) is 19.1 Å². The van der Waals surface area contributed by atoms with Gasteiger partial charge in [0.25, 0.3) is 0 Å². The molecule has 1 unspecified atom stereocenters. The number of hydrogen-bond donors (Lipinski definition) is 1. The van der Waals surface area contributed by atoms with E-state index in [9.17, 15) is 4.79 Å². The molecule has 5 heteroatoms. The number of methoxy groups -OCH3 is 2. The maximum atomic E-state index is 11.5. The van der Waals surface area contributed by atoms with Gasteiger partial charge < -0.3 is 20.1 Å². The Labute approximate surface area is 107 Å². The number of nitrogens with two attached hydrogens (primary N) is 1. The Morgan fingerprint density at radius 2 is 2.00 bits per heavy atom. The summed E-state index contributed by atoms with van der Waals surface area (Å²) in [4.78, 5) is 13.4. The number of nitrogens with zero attached hydrogens (tertiary/aromatic N) is 1. The normalized spacial score (nSPS) is 13.6. The van der Waals surface area contributed by atoms with Crippen molar-refractivity contribution in [2.75, 3.05) is 32.7 Å². The van der Waals surface area contributed by atoms with Crippen molar-refractivity contribution in [3.05, 3.63) is 24.3 Å². The van der Waals surface area contributed by atoms with Gasteiger partial charge in [0.2, 0.25) is 0 Å². The smallest absolute Gasteiger partial charge is 0.327 e. The number of carbonyl (C=O) groups excluding carboxylic acids is 1. The summed E-state index contributed by atoms with van der Waals surface area (Å²) >= 11 is 0. The highest BCUT2D eigenvalue weighted by molar-refractivity contribution is 5.81. The van der Waals surface area contributed by atoms with Crippen molar-refractivity contribution in [1.29, 1.82) is 0 Å². The monoisotopic (exact) mass is 252 g/mol. The first-order chi connectivity index (χ1) is 8.42. The Hall–Kier alpha value is -1.75. The van der Waals surface area contributed by atoms with Gasteiger partial charge in [-0.15, -0.1) is 0 Å². The van der Waals surface area contributed by atoms with Crippen LogP contribution in [0.3, 0.4) is 0 Å². The minimum absolute atomic E-state index is 0.333. The maximum absolute atomic E-state index is 11.5. The zero-order valence-electron chi connectivity index (χ0n) is 11.3. The Balaban J connectivity index is 2.88. The van der Waals surface area contributed by atoms with Gasteiger partial charge in [0, 0.05) is 13.6 Å². The van der Waals surface area contributed by atoms with E-state index in [1.807, 2.05) is 36.2 Å². The van der Waals surface area contributed by atoms with E-state index in [1.165, 1.54) is 7.11 Å². The third-order valence-corrected chi connectivity index (χ3v) is 2.71. The molecule has 0 aliphatic heterocycles. The molecule has 100 valence electrons. The fourth-order valence-corrected chi connectivity index (χ4v) is 1.82. The maximum Gasteiger partial charge on any atom is 0.327 e. The van der Waals surface area contributed by atoms with Crippen molar-refractivity contribution in [3.63, 3.8) is 0 Å². The van der Waals surface area contributed by atoms with Crippen LogP contribution < -0.4 is 15.4 Å². The van der Waals surface area contributed by atoms with Crippen LogP contribution in [0.1, 0.15) is 6.92 Å². The zero-order chi connectivity index (χ0) is 13.8. The van der Waals surface area contributed by atoms with E-state index in [0.717, 1.165) is 11.4 Å². The summed E-state index contributed by atoms with van der Waals surface area (Å²) in [6.45, 7) is 1.98. The van der Waals surface area contributed by atoms with Crippen LogP contribution in [0.25, 0.3) is 0 Å². The van der Waals surface area contributed by atoms with E-state index >= 15 is 0 Å². The molecule has 0 fully saturated rings. The van der Waals surface area contributed by atoms with Gasteiger partial charge in [0.05, 0.1) is 19.9 Å². The number of ether oxygens (including phenoxy) is 2. The van der Waals surface area contributed by atoms with Gasteiger partial charge in [-0.3, -0.25) is 4.79 Å². The number of carbonyl (C=O) groups is 1. The SMILES string of the molecule is COC(=O)C(C)(N)CN(C)c1ccccc1OC. The van der Waals surface area contributed by atoms with Crippen LogP contribution in [0.15, 0.2) is 24.3 Å². The lowest BCUT2D eigenvalue weighted by atomic mass is 10.0. The van der Waals surface area contributed by atoms with E-state index < -0.39 is 11.5 Å². The highest BCUT2D eigenvalue weighted by atomic mass is 16.5. The van der Waals surface area contributed by atoms with Crippen LogP contribution in [0.4, 0.5) is 5.69 Å². The molecular weight excluding hydrogens is 232 g/mol. The molecule has 0 aromatic heterocycles. The average molecular weight is 252 g/mol. The molecule has 0 aliphatic rings. The molecule has 0 saturated heterocycles. The minimum atomic E-state index is -1.07. The number of rotatable bonds is 5. The molecule has 5 nitrogen and oxygen atoms in total. The second-order valence-corrected chi connectivity index (χ2v) is 4.44. The van der Waals surface area contributed by atoms with Gasteiger partial charge in [-0.2, -0.15) is 0 Å². The van der Waals surface area contributed by atoms with Gasteiger partial charge in [-0.25, -0.2) is 0 Å². The predicted molar refractivity (Wildman–Crippen MR) is 70.9 cm³/mol. The van der Waals surface area contributed by atoms with Gasteiger partial charge in [0.15, 0.2) is 0 Å². The van der Waals surface area contributed by atoms with Gasteiger partial charge >= 0.3 is 5.97 Å². The first-order valence-electron chi connectivity index (χ1n) is 5.64. The van der Waals surface area contributed by atoms with Crippen LogP contribution in [-0.4, -0.2) is 39.3 Å². The zero-order valence-corrected chi connectivity index (χ0v) is 11.3. The number of para-hydroxylation sites is 2. The van der Waals surface area contributed by atoms with Gasteiger partial charge in [0.1, 0.15) is 11.3 Å². The van der Waals surface area contributed by atoms with Crippen molar-refractivity contribution in [2.24, 2.45) is 5.73 Å². The minimum Gasteiger partial charge on any atom is -0.495 e. The molecule has 2 N–H and O–H groups in total. The van der Waals surface area contributed by atoms with Crippen molar-refractivity contribution < 1.29 is 14.3 Å². The first-order valence-corrected chi connectivity index (χ1v) is 5.64. The Kier molecular flexibility index (Phi) is 4.55. The van der Waals surface area contributed by atoms with Crippen LogP contribution in [-0.2, 0) is 9.53 Å². The largest absolute Gasteiger partial charge is 0.495 e. The third-order valence-electron chi connectivity index (χ3n) is 2.71. The lowest BCUT2D eigenvalue weighted by molar-refractivity contribution is -0.145. The summed E-state index contributed by atoms with van der Waals surface area (Å²) in [5.74, 6) is 0.296. The molecule has 0 heterocycles. The number of anilines is 1. The number of esters is 1. The van der Waals surface area contributed by atoms with E-state index in [1.54, 1.807) is 14.0 Å². The number of likely N-dealkylation sites (N-methyl/N-ethyl adjacent to an activating group) is 1. The molecule has 0 amide bonds. The van der Waals surface area contributed by atoms with Crippen LogP contribution in [0.5, 0.6) is 5.75 Å². The third kappa shape index (κ3) is 3.13. The first kappa shape index (κ1) is 14.3. The van der Waals surface area contributed by atoms with Crippen LogP contribution in [0, 0.1) is 0 Å². The van der Waals surface area contributed by atoms with E-state index in [4.69, 9.17) is 10.5 Å². The summed E-state index contributed by atoms with van der Waals surface area (Å²) in [6.07, 6.45) is 0. The van der Waals surface area contributed by atoms with Crippen molar-refractivity contribution in [2.45, 2.75) is 12.5 Å². The summed E-state index contributed by atoms with van der Waals surface area (Å²) < 4.78 is 9.96. The molecule has 0 saturated carbocycles. The summed E-state index contributed by atoms with van der Waals surface area (Å²) in [6, 6.07) is 7.56. The predicted octanol–water partition coefficient (Wildman–Crippen LogP) is 1.02. The number of hydrogen-bond acceptors (Lipinski definition) is 5. The van der Waals surface area contributed by atoms with E-state index in [-0.39, 0.29) is 0 Å². The average Bonchev–Trinajstić information content (AvgIpc) is 2.36. The quantitative estimate of drug-likeness (QED) is 0.793. The molecule has 0 aliphatic carbocycles. The summed E-state index contributed by atoms with van der Waals surface area (Å²) in [7, 11) is 4.79. The second-order valence-electron chi connectivity index (χ2n) is 4.44. The second kappa shape index (κ2) is 5.73. The summed E-state index contributed by atoms with van der Waals surface area (Å²) in [5, 5.41) is 0. The molecule has 1 aromatic carbocycles. The Bertz CT molecular complexity index is 418. The van der Waals surface area contributed by atoms with Crippen molar-refractivity contribution in [1.82, 2.24) is 0 Å².